The van der Waals surface area contributed by atoms with Gasteiger partial charge in [-0.1, -0.05) is 35.9 Å². The number of carbonyl (C=O) groups excluding carboxylic acids is 1. The van der Waals surface area contributed by atoms with Crippen LogP contribution in [-0.2, 0) is 0 Å². The molecule has 0 saturated carbocycles. The summed E-state index contributed by atoms with van der Waals surface area (Å²) in [6.07, 6.45) is 0. The zero-order valence-corrected chi connectivity index (χ0v) is 14.9. The molecule has 0 unspecified atom stereocenters. The van der Waals surface area contributed by atoms with E-state index < -0.39 is 0 Å². The van der Waals surface area contributed by atoms with Crippen LogP contribution in [0.3, 0.4) is 0 Å². The van der Waals surface area contributed by atoms with Gasteiger partial charge >= 0.3 is 0 Å². The topological polar surface area (TPSA) is 68.0 Å². The highest BCUT2D eigenvalue weighted by Crippen LogP contribution is 2.24. The van der Waals surface area contributed by atoms with Crippen molar-refractivity contribution in [1.82, 2.24) is 10.2 Å². The van der Waals surface area contributed by atoms with Crippen LogP contribution in [0.15, 0.2) is 83.3 Å². The largest absolute Gasteiger partial charge is 0.416 e. The predicted molar refractivity (Wildman–Crippen MR) is 105 cm³/mol. The first kappa shape index (κ1) is 17.0. The number of hydrogen-bond donors (Lipinski definition) is 1. The van der Waals surface area contributed by atoms with E-state index in [4.69, 9.17) is 16.0 Å². The Hall–Kier alpha value is -3.44. The number of aromatic nitrogens is 2. The lowest BCUT2D eigenvalue weighted by Crippen LogP contribution is -2.11. The van der Waals surface area contributed by atoms with E-state index in [1.165, 1.54) is 0 Å². The Kier molecular flexibility index (Phi) is 4.68. The van der Waals surface area contributed by atoms with Gasteiger partial charge in [-0.05, 0) is 54.6 Å². The van der Waals surface area contributed by atoms with Crippen molar-refractivity contribution in [2.45, 2.75) is 0 Å². The molecular weight excluding hydrogens is 362 g/mol. The summed E-state index contributed by atoms with van der Waals surface area (Å²) < 4.78 is 5.73. The molecule has 0 bridgehead atoms. The molecule has 0 spiro atoms. The van der Waals surface area contributed by atoms with Gasteiger partial charge in [0.25, 0.3) is 5.91 Å². The van der Waals surface area contributed by atoms with Crippen molar-refractivity contribution in [2.24, 2.45) is 0 Å². The van der Waals surface area contributed by atoms with Gasteiger partial charge in [0, 0.05) is 27.4 Å². The Balaban J connectivity index is 1.51. The number of rotatable bonds is 4. The molecule has 132 valence electrons. The molecule has 0 fully saturated rings. The summed E-state index contributed by atoms with van der Waals surface area (Å²) in [5.74, 6) is 0.628. The van der Waals surface area contributed by atoms with Crippen LogP contribution in [0.4, 0.5) is 5.69 Å². The molecule has 0 atom stereocenters. The average Bonchev–Trinajstić information content (AvgIpc) is 3.19. The van der Waals surface area contributed by atoms with Gasteiger partial charge < -0.3 is 9.73 Å². The number of nitrogens with one attached hydrogen (secondary N) is 1. The molecule has 0 saturated heterocycles. The van der Waals surface area contributed by atoms with Crippen molar-refractivity contribution < 1.29 is 9.21 Å². The lowest BCUT2D eigenvalue weighted by molar-refractivity contribution is 0.102. The summed E-state index contributed by atoms with van der Waals surface area (Å²) >= 11 is 5.93. The predicted octanol–water partition coefficient (Wildman–Crippen LogP) is 5.31. The molecule has 0 radical (unpaired) electrons. The smallest absolute Gasteiger partial charge is 0.255 e. The maximum atomic E-state index is 12.4. The molecule has 0 aliphatic carbocycles. The molecular formula is C21H14ClN3O2. The standard InChI is InChI=1S/C21H14ClN3O2/c22-17-7-4-8-18(13-17)23-19(26)14-9-11-16(12-10-14)21-25-24-20(27-21)15-5-2-1-3-6-15/h1-13H,(H,23,26). The molecule has 0 aliphatic rings. The SMILES string of the molecule is O=C(Nc1cccc(Cl)c1)c1ccc(-c2nnc(-c3ccccc3)o2)cc1. The normalized spacial score (nSPS) is 10.6. The Morgan fingerprint density at radius 3 is 2.15 bits per heavy atom. The molecule has 6 heteroatoms. The quantitative estimate of drug-likeness (QED) is 0.525. The Bertz CT molecular complexity index is 1080. The number of nitrogens with zero attached hydrogens (tertiary/aromatic N) is 2. The fourth-order valence-electron chi connectivity index (χ4n) is 2.57. The molecule has 0 aliphatic heterocycles. The number of amides is 1. The highest BCUT2D eigenvalue weighted by atomic mass is 35.5. The molecule has 4 rings (SSSR count). The lowest BCUT2D eigenvalue weighted by Gasteiger charge is -2.06. The second kappa shape index (κ2) is 7.43. The summed E-state index contributed by atoms with van der Waals surface area (Å²) in [7, 11) is 0. The maximum absolute atomic E-state index is 12.4. The first-order valence-electron chi connectivity index (χ1n) is 8.25. The van der Waals surface area contributed by atoms with Crippen molar-refractivity contribution in [3.05, 3.63) is 89.4 Å². The number of hydrogen-bond acceptors (Lipinski definition) is 4. The maximum Gasteiger partial charge on any atom is 0.255 e. The molecule has 1 amide bonds. The van der Waals surface area contributed by atoms with Crippen LogP contribution in [0.25, 0.3) is 22.9 Å². The van der Waals surface area contributed by atoms with E-state index in [-0.39, 0.29) is 5.91 Å². The van der Waals surface area contributed by atoms with Gasteiger partial charge in [-0.3, -0.25) is 4.79 Å². The average molecular weight is 376 g/mol. The van der Waals surface area contributed by atoms with Gasteiger partial charge in [0.05, 0.1) is 0 Å². The molecule has 27 heavy (non-hydrogen) atoms. The fourth-order valence-corrected chi connectivity index (χ4v) is 2.76. The molecule has 4 aromatic rings. The summed E-state index contributed by atoms with van der Waals surface area (Å²) in [5, 5.41) is 11.5. The Morgan fingerprint density at radius 1 is 0.815 bits per heavy atom. The van der Waals surface area contributed by atoms with Crippen LogP contribution >= 0.6 is 11.6 Å². The summed E-state index contributed by atoms with van der Waals surface area (Å²) in [4.78, 5) is 12.4. The minimum absolute atomic E-state index is 0.223. The third-order valence-corrected chi connectivity index (χ3v) is 4.16. The highest BCUT2D eigenvalue weighted by Gasteiger charge is 2.12. The molecule has 1 N–H and O–H groups in total. The first-order chi connectivity index (χ1) is 13.2. The second-order valence-electron chi connectivity index (χ2n) is 5.82. The van der Waals surface area contributed by atoms with Crippen LogP contribution in [-0.4, -0.2) is 16.1 Å². The Labute approximate surface area is 160 Å². The van der Waals surface area contributed by atoms with Gasteiger partial charge in [-0.25, -0.2) is 0 Å². The van der Waals surface area contributed by atoms with Crippen LogP contribution in [0.2, 0.25) is 5.02 Å². The van der Waals surface area contributed by atoms with E-state index in [0.29, 0.717) is 28.1 Å². The van der Waals surface area contributed by atoms with Gasteiger partial charge in [-0.15, -0.1) is 10.2 Å². The van der Waals surface area contributed by atoms with E-state index >= 15 is 0 Å². The first-order valence-corrected chi connectivity index (χ1v) is 8.63. The van der Waals surface area contributed by atoms with Gasteiger partial charge in [-0.2, -0.15) is 0 Å². The van der Waals surface area contributed by atoms with Crippen LogP contribution in [0, 0.1) is 0 Å². The highest BCUT2D eigenvalue weighted by molar-refractivity contribution is 6.30. The molecule has 3 aromatic carbocycles. The number of anilines is 1. The molecule has 5 nitrogen and oxygen atoms in total. The van der Waals surface area contributed by atoms with Crippen LogP contribution in [0.5, 0.6) is 0 Å². The number of carbonyl (C=O) groups is 1. The zero-order chi connectivity index (χ0) is 18.6. The number of halogens is 1. The number of benzene rings is 3. The van der Waals surface area contributed by atoms with Crippen LogP contribution < -0.4 is 5.32 Å². The van der Waals surface area contributed by atoms with Gasteiger partial charge in [0.15, 0.2) is 0 Å². The van der Waals surface area contributed by atoms with E-state index in [1.807, 2.05) is 30.3 Å². The molecule has 1 heterocycles. The van der Waals surface area contributed by atoms with E-state index in [9.17, 15) is 4.79 Å². The Morgan fingerprint density at radius 2 is 1.48 bits per heavy atom. The summed E-state index contributed by atoms with van der Waals surface area (Å²) in [6.45, 7) is 0. The van der Waals surface area contributed by atoms with Crippen molar-refractivity contribution in [3.8, 4) is 22.9 Å². The second-order valence-corrected chi connectivity index (χ2v) is 6.26. The van der Waals surface area contributed by atoms with Gasteiger partial charge in [0.2, 0.25) is 11.8 Å². The van der Waals surface area contributed by atoms with E-state index in [0.717, 1.165) is 11.1 Å². The summed E-state index contributed by atoms with van der Waals surface area (Å²) in [6, 6.07) is 23.5. The van der Waals surface area contributed by atoms with Crippen molar-refractivity contribution in [2.75, 3.05) is 5.32 Å². The lowest BCUT2D eigenvalue weighted by atomic mass is 10.1. The van der Waals surface area contributed by atoms with E-state index in [2.05, 4.69) is 15.5 Å². The minimum Gasteiger partial charge on any atom is -0.416 e. The molecule has 1 aromatic heterocycles. The fraction of sp³-hybridized carbons (Fsp3) is 0. The minimum atomic E-state index is -0.223. The third kappa shape index (κ3) is 3.88. The van der Waals surface area contributed by atoms with E-state index in [1.54, 1.807) is 48.5 Å². The zero-order valence-electron chi connectivity index (χ0n) is 14.1. The van der Waals surface area contributed by atoms with Gasteiger partial charge in [0.1, 0.15) is 0 Å². The monoisotopic (exact) mass is 375 g/mol. The van der Waals surface area contributed by atoms with Crippen molar-refractivity contribution in [3.63, 3.8) is 0 Å². The van der Waals surface area contributed by atoms with Crippen LogP contribution in [0.1, 0.15) is 10.4 Å². The van der Waals surface area contributed by atoms with Crippen molar-refractivity contribution in [1.29, 1.82) is 0 Å². The summed E-state index contributed by atoms with van der Waals surface area (Å²) in [5.41, 5.74) is 2.75. The van der Waals surface area contributed by atoms with Crippen molar-refractivity contribution >= 4 is 23.2 Å². The third-order valence-electron chi connectivity index (χ3n) is 3.92.